The van der Waals surface area contributed by atoms with Gasteiger partial charge in [-0.3, -0.25) is 0 Å². The Morgan fingerprint density at radius 1 is 1.62 bits per heavy atom. The van der Waals surface area contributed by atoms with E-state index in [1.54, 1.807) is 6.92 Å². The van der Waals surface area contributed by atoms with Crippen molar-refractivity contribution in [2.24, 2.45) is 0 Å². The molecule has 16 heavy (non-hydrogen) atoms. The molecule has 1 aliphatic rings. The van der Waals surface area contributed by atoms with Crippen molar-refractivity contribution in [1.29, 1.82) is 0 Å². The van der Waals surface area contributed by atoms with Gasteiger partial charge in [0, 0.05) is 24.7 Å². The zero-order valence-electron chi connectivity index (χ0n) is 10.3. The highest BCUT2D eigenvalue weighted by atomic mass is 16.5. The molecule has 1 N–H and O–H groups in total. The SMILES string of the molecule is C=C(CNCC1CCCN1C)C(=O)OCC. The van der Waals surface area contributed by atoms with E-state index in [4.69, 9.17) is 4.74 Å². The van der Waals surface area contributed by atoms with E-state index in [1.165, 1.54) is 19.4 Å². The van der Waals surface area contributed by atoms with Crippen molar-refractivity contribution in [2.75, 3.05) is 33.3 Å². The molecule has 1 aliphatic heterocycles. The molecule has 1 heterocycles. The van der Waals surface area contributed by atoms with Crippen LogP contribution in [0.15, 0.2) is 12.2 Å². The van der Waals surface area contributed by atoms with Crippen LogP contribution >= 0.6 is 0 Å². The summed E-state index contributed by atoms with van der Waals surface area (Å²) < 4.78 is 4.86. The lowest BCUT2D eigenvalue weighted by Gasteiger charge is -2.19. The van der Waals surface area contributed by atoms with Gasteiger partial charge in [0.25, 0.3) is 0 Å². The Morgan fingerprint density at radius 3 is 2.94 bits per heavy atom. The molecule has 1 fully saturated rings. The molecule has 0 radical (unpaired) electrons. The second kappa shape index (κ2) is 6.66. The average Bonchev–Trinajstić information content (AvgIpc) is 2.65. The maximum absolute atomic E-state index is 11.3. The van der Waals surface area contributed by atoms with E-state index in [1.807, 2.05) is 0 Å². The molecule has 0 aromatic carbocycles. The second-order valence-corrected chi connectivity index (χ2v) is 4.23. The summed E-state index contributed by atoms with van der Waals surface area (Å²) in [6.07, 6.45) is 2.50. The molecule has 0 amide bonds. The summed E-state index contributed by atoms with van der Waals surface area (Å²) in [6, 6.07) is 0.593. The number of carbonyl (C=O) groups is 1. The Labute approximate surface area is 97.6 Å². The minimum absolute atomic E-state index is 0.297. The fourth-order valence-corrected chi connectivity index (χ4v) is 1.93. The molecular weight excluding hydrogens is 204 g/mol. The molecule has 0 aliphatic carbocycles. The summed E-state index contributed by atoms with van der Waals surface area (Å²) in [7, 11) is 2.14. The highest BCUT2D eigenvalue weighted by molar-refractivity contribution is 5.88. The summed E-state index contributed by atoms with van der Waals surface area (Å²) in [6.45, 7) is 8.51. The third-order valence-corrected chi connectivity index (χ3v) is 2.95. The maximum Gasteiger partial charge on any atom is 0.334 e. The topological polar surface area (TPSA) is 41.6 Å². The first-order valence-corrected chi connectivity index (χ1v) is 5.91. The monoisotopic (exact) mass is 226 g/mol. The van der Waals surface area contributed by atoms with Gasteiger partial charge in [-0.1, -0.05) is 6.58 Å². The van der Waals surface area contributed by atoms with E-state index in [0.29, 0.717) is 24.8 Å². The quantitative estimate of drug-likeness (QED) is 0.537. The third-order valence-electron chi connectivity index (χ3n) is 2.95. The van der Waals surface area contributed by atoms with E-state index < -0.39 is 0 Å². The lowest BCUT2D eigenvalue weighted by Crippen LogP contribution is -2.36. The van der Waals surface area contributed by atoms with Crippen LogP contribution in [0.2, 0.25) is 0 Å². The first-order chi connectivity index (χ1) is 7.65. The molecule has 0 aromatic rings. The minimum atomic E-state index is -0.297. The second-order valence-electron chi connectivity index (χ2n) is 4.23. The van der Waals surface area contributed by atoms with E-state index in [0.717, 1.165) is 6.54 Å². The molecule has 0 spiro atoms. The van der Waals surface area contributed by atoms with Crippen LogP contribution in [0.1, 0.15) is 19.8 Å². The van der Waals surface area contributed by atoms with E-state index in [9.17, 15) is 4.79 Å². The zero-order valence-corrected chi connectivity index (χ0v) is 10.3. The summed E-state index contributed by atoms with van der Waals surface area (Å²) >= 11 is 0. The summed E-state index contributed by atoms with van der Waals surface area (Å²) in [5, 5.41) is 3.25. The van der Waals surface area contributed by atoms with Gasteiger partial charge in [0.2, 0.25) is 0 Å². The Balaban J connectivity index is 2.15. The van der Waals surface area contributed by atoms with Crippen LogP contribution in [0, 0.1) is 0 Å². The largest absolute Gasteiger partial charge is 0.463 e. The maximum atomic E-state index is 11.3. The number of nitrogens with one attached hydrogen (secondary N) is 1. The molecule has 4 nitrogen and oxygen atoms in total. The van der Waals surface area contributed by atoms with Crippen LogP contribution in [0.3, 0.4) is 0 Å². The Morgan fingerprint density at radius 2 is 2.38 bits per heavy atom. The first kappa shape index (κ1) is 13.2. The van der Waals surface area contributed by atoms with Gasteiger partial charge in [0.15, 0.2) is 0 Å². The predicted octanol–water partition coefficient (Wildman–Crippen LogP) is 0.789. The summed E-state index contributed by atoms with van der Waals surface area (Å²) in [4.78, 5) is 13.6. The molecular formula is C12H22N2O2. The number of likely N-dealkylation sites (N-methyl/N-ethyl adjacent to an activating group) is 1. The number of nitrogens with zero attached hydrogens (tertiary/aromatic N) is 1. The van der Waals surface area contributed by atoms with Gasteiger partial charge in [-0.2, -0.15) is 0 Å². The predicted molar refractivity (Wildman–Crippen MR) is 64.3 cm³/mol. The molecule has 1 saturated heterocycles. The van der Waals surface area contributed by atoms with Crippen molar-refractivity contribution in [3.8, 4) is 0 Å². The molecule has 92 valence electrons. The lowest BCUT2D eigenvalue weighted by molar-refractivity contribution is -0.138. The Hall–Kier alpha value is -0.870. The lowest BCUT2D eigenvalue weighted by atomic mass is 10.2. The highest BCUT2D eigenvalue weighted by Crippen LogP contribution is 2.13. The third kappa shape index (κ3) is 3.94. The Bertz CT molecular complexity index is 253. The van der Waals surface area contributed by atoms with Gasteiger partial charge in [-0.05, 0) is 33.4 Å². The first-order valence-electron chi connectivity index (χ1n) is 5.91. The minimum Gasteiger partial charge on any atom is -0.463 e. The van der Waals surface area contributed by atoms with Crippen LogP contribution in [0.5, 0.6) is 0 Å². The van der Waals surface area contributed by atoms with Crippen molar-refractivity contribution < 1.29 is 9.53 Å². The number of hydrogen-bond acceptors (Lipinski definition) is 4. The average molecular weight is 226 g/mol. The van der Waals surface area contributed by atoms with Crippen LogP contribution in [0.25, 0.3) is 0 Å². The molecule has 0 bridgehead atoms. The number of rotatable bonds is 6. The smallest absolute Gasteiger partial charge is 0.334 e. The van der Waals surface area contributed by atoms with Crippen LogP contribution < -0.4 is 5.32 Å². The Kier molecular flexibility index (Phi) is 5.49. The standard InChI is InChI=1S/C12H22N2O2/c1-4-16-12(15)10(2)8-13-9-11-6-5-7-14(11)3/h11,13H,2,4-9H2,1,3H3. The number of hydrogen-bond donors (Lipinski definition) is 1. The van der Waals surface area contributed by atoms with Gasteiger partial charge in [0.05, 0.1) is 6.61 Å². The van der Waals surface area contributed by atoms with Gasteiger partial charge in [-0.15, -0.1) is 0 Å². The highest BCUT2D eigenvalue weighted by Gasteiger charge is 2.20. The normalized spacial score (nSPS) is 21.0. The van der Waals surface area contributed by atoms with Gasteiger partial charge >= 0.3 is 5.97 Å². The zero-order chi connectivity index (χ0) is 12.0. The van der Waals surface area contributed by atoms with Crippen molar-refractivity contribution in [2.45, 2.75) is 25.8 Å². The van der Waals surface area contributed by atoms with Gasteiger partial charge in [0.1, 0.15) is 0 Å². The van der Waals surface area contributed by atoms with Crippen molar-refractivity contribution >= 4 is 5.97 Å². The number of ether oxygens (including phenoxy) is 1. The van der Waals surface area contributed by atoms with E-state index in [2.05, 4.69) is 23.8 Å². The van der Waals surface area contributed by atoms with Gasteiger partial charge in [-0.25, -0.2) is 4.79 Å². The number of likely N-dealkylation sites (tertiary alicyclic amines) is 1. The van der Waals surface area contributed by atoms with Crippen LogP contribution in [-0.2, 0) is 9.53 Å². The van der Waals surface area contributed by atoms with E-state index in [-0.39, 0.29) is 5.97 Å². The summed E-state index contributed by atoms with van der Waals surface area (Å²) in [5.74, 6) is -0.297. The van der Waals surface area contributed by atoms with E-state index >= 15 is 0 Å². The van der Waals surface area contributed by atoms with Crippen molar-refractivity contribution in [1.82, 2.24) is 10.2 Å². The number of esters is 1. The molecule has 1 atom stereocenters. The fraction of sp³-hybridized carbons (Fsp3) is 0.750. The molecule has 1 rings (SSSR count). The summed E-state index contributed by atoms with van der Waals surface area (Å²) in [5.41, 5.74) is 0.502. The van der Waals surface area contributed by atoms with Crippen molar-refractivity contribution in [3.63, 3.8) is 0 Å². The van der Waals surface area contributed by atoms with Crippen molar-refractivity contribution in [3.05, 3.63) is 12.2 Å². The molecule has 1 unspecified atom stereocenters. The number of carbonyl (C=O) groups excluding carboxylic acids is 1. The van der Waals surface area contributed by atoms with Gasteiger partial charge < -0.3 is 15.0 Å². The van der Waals surface area contributed by atoms with Crippen LogP contribution in [0.4, 0.5) is 0 Å². The fourth-order valence-electron chi connectivity index (χ4n) is 1.93. The molecule has 4 heteroatoms. The molecule has 0 aromatic heterocycles. The van der Waals surface area contributed by atoms with Crippen LogP contribution in [-0.4, -0.2) is 50.2 Å². The molecule has 0 saturated carbocycles.